The lowest BCUT2D eigenvalue weighted by atomic mass is 10.1. The van der Waals surface area contributed by atoms with Crippen molar-refractivity contribution < 1.29 is 9.67 Å². The van der Waals surface area contributed by atoms with Crippen LogP contribution in [-0.4, -0.2) is 11.7 Å². The molecule has 0 bridgehead atoms. The van der Waals surface area contributed by atoms with E-state index in [1.807, 2.05) is 0 Å². The van der Waals surface area contributed by atoms with E-state index in [1.165, 1.54) is 115 Å². The number of aliphatic hydroxyl groups excluding tert-OH is 1. The third kappa shape index (κ3) is 14.8. The Bertz CT molecular complexity index is 415. The minimum atomic E-state index is 0.361. The predicted molar refractivity (Wildman–Crippen MR) is 117 cm³/mol. The maximum absolute atomic E-state index is 8.75. The summed E-state index contributed by atoms with van der Waals surface area (Å²) in [7, 11) is 0. The number of unbranched alkanes of at least 4 members (excludes halogenated alkanes) is 14. The van der Waals surface area contributed by atoms with Gasteiger partial charge < -0.3 is 5.11 Å². The van der Waals surface area contributed by atoms with Crippen LogP contribution in [0.5, 0.6) is 0 Å². The Morgan fingerprint density at radius 2 is 1.11 bits per heavy atom. The number of hydrogen-bond acceptors (Lipinski definition) is 1. The van der Waals surface area contributed by atoms with E-state index < -0.39 is 0 Å². The number of hydrogen-bond donors (Lipinski definition) is 1. The quantitative estimate of drug-likeness (QED) is 0.209. The standard InChI is InChI=1S/C25H46NO/c1-2-3-4-5-12-15-18-25-19-22-26(23-20-25)21-16-13-10-8-6-7-9-11-14-17-24-27/h19-20,22-23,27H,2-18,21,24H2,1H3/q+1. The molecule has 1 rings (SSSR count). The zero-order chi connectivity index (χ0) is 19.4. The number of rotatable bonds is 19. The summed E-state index contributed by atoms with van der Waals surface area (Å²) in [6.45, 7) is 3.81. The fourth-order valence-electron chi connectivity index (χ4n) is 3.73. The summed E-state index contributed by atoms with van der Waals surface area (Å²) in [6.07, 6.45) is 27.1. The van der Waals surface area contributed by atoms with Crippen LogP contribution in [0.4, 0.5) is 0 Å². The van der Waals surface area contributed by atoms with Crippen molar-refractivity contribution in [2.24, 2.45) is 0 Å². The number of aryl methyl sites for hydroxylation is 2. The molecule has 0 aromatic carbocycles. The van der Waals surface area contributed by atoms with Gasteiger partial charge in [-0.2, -0.15) is 0 Å². The van der Waals surface area contributed by atoms with E-state index in [1.54, 1.807) is 0 Å². The first-order chi connectivity index (χ1) is 13.4. The summed E-state index contributed by atoms with van der Waals surface area (Å²) in [5.41, 5.74) is 1.50. The van der Waals surface area contributed by atoms with Gasteiger partial charge in [-0.3, -0.25) is 0 Å². The van der Waals surface area contributed by atoms with Crippen LogP contribution in [0.2, 0.25) is 0 Å². The second kappa shape index (κ2) is 18.5. The van der Waals surface area contributed by atoms with Crippen LogP contribution in [0.25, 0.3) is 0 Å². The van der Waals surface area contributed by atoms with E-state index in [4.69, 9.17) is 5.11 Å². The zero-order valence-corrected chi connectivity index (χ0v) is 18.1. The minimum Gasteiger partial charge on any atom is -0.396 e. The lowest BCUT2D eigenvalue weighted by Crippen LogP contribution is -2.32. The molecule has 156 valence electrons. The molecule has 1 aromatic heterocycles. The Morgan fingerprint density at radius 3 is 1.67 bits per heavy atom. The summed E-state index contributed by atoms with van der Waals surface area (Å²) in [5.74, 6) is 0. The van der Waals surface area contributed by atoms with Crippen molar-refractivity contribution in [3.8, 4) is 0 Å². The Hall–Kier alpha value is -0.890. The molecule has 0 aliphatic carbocycles. The second-order valence-corrected chi connectivity index (χ2v) is 8.22. The van der Waals surface area contributed by atoms with Crippen molar-refractivity contribution in [3.05, 3.63) is 30.1 Å². The summed E-state index contributed by atoms with van der Waals surface area (Å²) >= 11 is 0. The molecule has 0 radical (unpaired) electrons. The molecule has 0 aliphatic rings. The van der Waals surface area contributed by atoms with Crippen LogP contribution in [0.3, 0.4) is 0 Å². The van der Waals surface area contributed by atoms with Gasteiger partial charge in [0.1, 0.15) is 6.54 Å². The van der Waals surface area contributed by atoms with E-state index in [2.05, 4.69) is 36.0 Å². The molecule has 0 atom stereocenters. The van der Waals surface area contributed by atoms with Gasteiger partial charge in [0.15, 0.2) is 12.4 Å². The summed E-state index contributed by atoms with van der Waals surface area (Å²) in [6, 6.07) is 4.64. The van der Waals surface area contributed by atoms with Crippen molar-refractivity contribution in [1.29, 1.82) is 0 Å². The summed E-state index contributed by atoms with van der Waals surface area (Å²) in [4.78, 5) is 0. The van der Waals surface area contributed by atoms with Gasteiger partial charge in [-0.05, 0) is 31.2 Å². The zero-order valence-electron chi connectivity index (χ0n) is 18.1. The van der Waals surface area contributed by atoms with Crippen LogP contribution >= 0.6 is 0 Å². The molecule has 1 aromatic rings. The Morgan fingerprint density at radius 1 is 0.630 bits per heavy atom. The van der Waals surface area contributed by atoms with Gasteiger partial charge in [0, 0.05) is 25.2 Å². The Balaban J connectivity index is 1.94. The first-order valence-corrected chi connectivity index (χ1v) is 12.0. The summed E-state index contributed by atoms with van der Waals surface area (Å²) < 4.78 is 2.35. The molecule has 2 nitrogen and oxygen atoms in total. The SMILES string of the molecule is CCCCCCCCc1cc[n+](CCCCCCCCCCCCO)cc1. The average Bonchev–Trinajstić information content (AvgIpc) is 2.70. The first-order valence-electron chi connectivity index (χ1n) is 12.0. The highest BCUT2D eigenvalue weighted by Gasteiger charge is 2.01. The molecule has 0 aliphatic heterocycles. The van der Waals surface area contributed by atoms with Crippen LogP contribution in [0.15, 0.2) is 24.5 Å². The Labute approximate surface area is 169 Å². The minimum absolute atomic E-state index is 0.361. The summed E-state index contributed by atoms with van der Waals surface area (Å²) in [5, 5.41) is 8.75. The predicted octanol–water partition coefficient (Wildman–Crippen LogP) is 6.77. The van der Waals surface area contributed by atoms with Gasteiger partial charge in [0.2, 0.25) is 0 Å². The van der Waals surface area contributed by atoms with E-state index in [9.17, 15) is 0 Å². The van der Waals surface area contributed by atoms with Crippen molar-refractivity contribution in [2.75, 3.05) is 6.61 Å². The molecular formula is C25H46NO+. The molecule has 0 fully saturated rings. The van der Waals surface area contributed by atoms with Crippen molar-refractivity contribution in [2.45, 2.75) is 123 Å². The average molecular weight is 377 g/mol. The van der Waals surface area contributed by atoms with Gasteiger partial charge in [0.05, 0.1) is 0 Å². The maximum Gasteiger partial charge on any atom is 0.169 e. The van der Waals surface area contributed by atoms with Crippen LogP contribution in [-0.2, 0) is 13.0 Å². The van der Waals surface area contributed by atoms with Crippen LogP contribution < -0.4 is 4.57 Å². The molecule has 1 N–H and O–H groups in total. The van der Waals surface area contributed by atoms with Gasteiger partial charge in [-0.1, -0.05) is 84.0 Å². The fraction of sp³-hybridized carbons (Fsp3) is 0.800. The van der Waals surface area contributed by atoms with Crippen molar-refractivity contribution >= 4 is 0 Å². The molecule has 1 heterocycles. The molecule has 27 heavy (non-hydrogen) atoms. The van der Waals surface area contributed by atoms with Crippen molar-refractivity contribution in [3.63, 3.8) is 0 Å². The molecular weight excluding hydrogens is 330 g/mol. The van der Waals surface area contributed by atoms with Crippen LogP contribution in [0, 0.1) is 0 Å². The third-order valence-corrected chi connectivity index (χ3v) is 5.60. The van der Waals surface area contributed by atoms with Gasteiger partial charge in [0.25, 0.3) is 0 Å². The van der Waals surface area contributed by atoms with E-state index in [-0.39, 0.29) is 0 Å². The monoisotopic (exact) mass is 376 g/mol. The molecule has 0 saturated heterocycles. The highest BCUT2D eigenvalue weighted by atomic mass is 16.2. The lowest BCUT2D eigenvalue weighted by Gasteiger charge is -2.03. The number of pyridine rings is 1. The first kappa shape index (κ1) is 24.1. The maximum atomic E-state index is 8.75. The highest BCUT2D eigenvalue weighted by Crippen LogP contribution is 2.11. The lowest BCUT2D eigenvalue weighted by molar-refractivity contribution is -0.697. The molecule has 2 heteroatoms. The van der Waals surface area contributed by atoms with E-state index in [0.717, 1.165) is 6.42 Å². The van der Waals surface area contributed by atoms with Crippen molar-refractivity contribution in [1.82, 2.24) is 0 Å². The van der Waals surface area contributed by atoms with E-state index >= 15 is 0 Å². The Kier molecular flexibility index (Phi) is 16.5. The fourth-order valence-corrected chi connectivity index (χ4v) is 3.73. The normalized spacial score (nSPS) is 11.2. The molecule has 0 amide bonds. The van der Waals surface area contributed by atoms with Gasteiger partial charge in [-0.25, -0.2) is 4.57 Å². The van der Waals surface area contributed by atoms with Gasteiger partial charge in [-0.15, -0.1) is 0 Å². The highest BCUT2D eigenvalue weighted by molar-refractivity contribution is 5.07. The second-order valence-electron chi connectivity index (χ2n) is 8.22. The molecule has 0 unspecified atom stereocenters. The largest absolute Gasteiger partial charge is 0.396 e. The molecule has 0 saturated carbocycles. The third-order valence-electron chi connectivity index (χ3n) is 5.60. The number of nitrogens with zero attached hydrogens (tertiary/aromatic N) is 1. The van der Waals surface area contributed by atoms with E-state index in [0.29, 0.717) is 6.61 Å². The topological polar surface area (TPSA) is 24.1 Å². The number of aromatic nitrogens is 1. The smallest absolute Gasteiger partial charge is 0.169 e. The number of aliphatic hydroxyl groups is 1. The molecule has 0 spiro atoms. The van der Waals surface area contributed by atoms with Crippen LogP contribution in [0.1, 0.15) is 115 Å². The van der Waals surface area contributed by atoms with Gasteiger partial charge >= 0.3 is 0 Å².